The Morgan fingerprint density at radius 1 is 0.956 bits per heavy atom. The fourth-order valence-electron chi connectivity index (χ4n) is 9.26. The predicted octanol–water partition coefficient (Wildman–Crippen LogP) is 6.57. The zero-order valence-electron chi connectivity index (χ0n) is 37.4. The average Bonchev–Trinajstić information content (AvgIpc) is 3.74. The maximum Gasteiger partial charge on any atom is 0.349 e. The molecule has 0 radical (unpaired) electrons. The molecule has 0 spiro atoms. The largest absolute Gasteiger partial charge is 0.490 e. The number of likely N-dealkylation sites (tertiary alicyclic amines) is 1. The molecule has 2 aromatic heterocycles. The predicted molar refractivity (Wildman–Crippen MR) is 257 cm³/mol. The number of aliphatic carboxylic acids is 1. The lowest BCUT2D eigenvalue weighted by molar-refractivity contribution is -0.139. The van der Waals surface area contributed by atoms with Crippen molar-refractivity contribution in [1.29, 1.82) is 5.41 Å². The summed E-state index contributed by atoms with van der Waals surface area (Å²) in [4.78, 5) is 64.2. The molecule has 5 aromatic rings. The number of hydrogen-bond donors (Lipinski definition) is 6. The number of imidazole rings is 1. The minimum absolute atomic E-state index is 0.00375. The number of aromatic nitrogens is 2. The number of nitrogens with zero attached hydrogens (tertiary/aromatic N) is 4. The fourth-order valence-corrected chi connectivity index (χ4v) is 12.6. The van der Waals surface area contributed by atoms with Crippen LogP contribution >= 0.6 is 22.9 Å². The van der Waals surface area contributed by atoms with Gasteiger partial charge in [-0.05, 0) is 80.6 Å². The molecule has 1 unspecified atom stereocenters. The number of rotatable bonds is 14. The number of halogens is 1. The summed E-state index contributed by atoms with van der Waals surface area (Å²) in [7, 11) is -2.17. The summed E-state index contributed by atoms with van der Waals surface area (Å²) < 4.78 is 44.1. The van der Waals surface area contributed by atoms with Gasteiger partial charge in [-0.25, -0.2) is 27.6 Å². The highest BCUT2D eigenvalue weighted by atomic mass is 35.5. The number of urea groups is 1. The van der Waals surface area contributed by atoms with Crippen LogP contribution in [0.5, 0.6) is 11.5 Å². The maximum absolute atomic E-state index is 14.0. The first-order valence-corrected chi connectivity index (χ1v) is 24.8. The molecule has 2 atom stereocenters. The molecule has 8 rings (SSSR count). The van der Waals surface area contributed by atoms with Gasteiger partial charge in [-0.1, -0.05) is 35.9 Å². The van der Waals surface area contributed by atoms with Gasteiger partial charge in [0.05, 0.1) is 27.5 Å². The number of sulfonamides is 1. The molecule has 19 nitrogen and oxygen atoms in total. The van der Waals surface area contributed by atoms with Crippen LogP contribution in [0.15, 0.2) is 71.5 Å². The Kier molecular flexibility index (Phi) is 13.6. The van der Waals surface area contributed by atoms with Gasteiger partial charge in [0.15, 0.2) is 17.2 Å². The number of benzene rings is 3. The molecule has 5 heterocycles. The van der Waals surface area contributed by atoms with Crippen molar-refractivity contribution in [2.24, 2.45) is 7.05 Å². The van der Waals surface area contributed by atoms with Crippen LogP contribution in [0.1, 0.15) is 73.6 Å². The number of anilines is 2. The molecule has 3 aliphatic heterocycles. The van der Waals surface area contributed by atoms with E-state index in [4.69, 9.17) is 31.6 Å². The molecular formula is C46H51ClN8O11S2. The molecule has 0 bridgehead atoms. The summed E-state index contributed by atoms with van der Waals surface area (Å²) >= 11 is 7.40. The van der Waals surface area contributed by atoms with E-state index in [1.807, 2.05) is 19.9 Å². The van der Waals surface area contributed by atoms with E-state index in [1.165, 1.54) is 13.4 Å². The van der Waals surface area contributed by atoms with Crippen molar-refractivity contribution in [1.82, 2.24) is 23.7 Å². The lowest BCUT2D eigenvalue weighted by Crippen LogP contribution is -2.55. The molecule has 0 saturated carbocycles. The van der Waals surface area contributed by atoms with Crippen molar-refractivity contribution in [3.05, 3.63) is 92.7 Å². The third kappa shape index (κ3) is 10.2. The summed E-state index contributed by atoms with van der Waals surface area (Å²) in [6, 6.07) is 18.2. The second-order valence-corrected chi connectivity index (χ2v) is 21.1. The van der Waals surface area contributed by atoms with E-state index in [-0.39, 0.29) is 63.6 Å². The number of amides is 3. The molecule has 0 aliphatic carbocycles. The minimum Gasteiger partial charge on any atom is -0.490 e. The van der Waals surface area contributed by atoms with Gasteiger partial charge in [0.1, 0.15) is 22.9 Å². The van der Waals surface area contributed by atoms with Crippen molar-refractivity contribution in [3.8, 4) is 21.9 Å². The Labute approximate surface area is 400 Å². The van der Waals surface area contributed by atoms with E-state index < -0.39 is 40.1 Å². The molecule has 3 fully saturated rings. The molecule has 22 heteroatoms. The number of carboxylic acids is 2. The van der Waals surface area contributed by atoms with Crippen LogP contribution in [0, 0.1) is 5.41 Å². The molecule has 3 aliphatic rings. The number of aryl methyl sites for hydroxylation is 1. The van der Waals surface area contributed by atoms with Crippen LogP contribution in [0.2, 0.25) is 5.02 Å². The Morgan fingerprint density at radius 3 is 2.40 bits per heavy atom. The number of piperidine rings is 3. The monoisotopic (exact) mass is 990 g/mol. The zero-order valence-corrected chi connectivity index (χ0v) is 39.8. The zero-order chi connectivity index (χ0) is 48.7. The number of amidine groups is 1. The number of carboxylic acid groups (broad SMARTS) is 2. The molecule has 6 N–H and O–H groups in total. The van der Waals surface area contributed by atoms with E-state index in [9.17, 15) is 37.5 Å². The highest BCUT2D eigenvalue weighted by Crippen LogP contribution is 2.46. The van der Waals surface area contributed by atoms with Crippen molar-refractivity contribution >= 4 is 85.1 Å². The Balaban J connectivity index is 0.839. The van der Waals surface area contributed by atoms with E-state index >= 15 is 0 Å². The van der Waals surface area contributed by atoms with Gasteiger partial charge in [0.25, 0.3) is 0 Å². The van der Waals surface area contributed by atoms with Crippen molar-refractivity contribution < 1.29 is 47.3 Å². The smallest absolute Gasteiger partial charge is 0.349 e. The van der Waals surface area contributed by atoms with E-state index in [2.05, 4.69) is 16.0 Å². The van der Waals surface area contributed by atoms with Crippen LogP contribution in [-0.4, -0.2) is 111 Å². The number of thiophene rings is 1. The average molecular weight is 992 g/mol. The molecule has 3 aromatic carbocycles. The molecule has 68 heavy (non-hydrogen) atoms. The second kappa shape index (κ2) is 19.3. The van der Waals surface area contributed by atoms with Gasteiger partial charge >= 0.3 is 23.7 Å². The fraction of sp³-hybridized carbons (Fsp3) is 0.391. The van der Waals surface area contributed by atoms with Gasteiger partial charge in [0, 0.05) is 75.0 Å². The number of fused-ring (bicyclic) bond motifs is 1. The lowest BCUT2D eigenvalue weighted by atomic mass is 9.89. The van der Waals surface area contributed by atoms with Gasteiger partial charge < -0.3 is 40.5 Å². The Hall–Kier alpha value is -6.42. The van der Waals surface area contributed by atoms with Gasteiger partial charge in [-0.3, -0.25) is 19.3 Å². The van der Waals surface area contributed by atoms with Crippen LogP contribution in [-0.2, 0) is 32.4 Å². The van der Waals surface area contributed by atoms with Gasteiger partial charge in [-0.15, -0.1) is 11.3 Å². The van der Waals surface area contributed by atoms with Crippen LogP contribution in [0.25, 0.3) is 21.5 Å². The summed E-state index contributed by atoms with van der Waals surface area (Å²) in [6.07, 6.45) is 2.62. The summed E-state index contributed by atoms with van der Waals surface area (Å²) in [5, 5.41) is 35.5. The first kappa shape index (κ1) is 48.1. The normalized spacial score (nSPS) is 19.1. The minimum atomic E-state index is -3.81. The van der Waals surface area contributed by atoms with Crippen LogP contribution in [0.4, 0.5) is 16.2 Å². The van der Waals surface area contributed by atoms with E-state index in [1.54, 1.807) is 72.6 Å². The third-order valence-electron chi connectivity index (χ3n) is 12.5. The van der Waals surface area contributed by atoms with Crippen molar-refractivity contribution in [2.45, 2.75) is 81.9 Å². The summed E-state index contributed by atoms with van der Waals surface area (Å²) in [5.74, 6) is -2.74. The highest BCUT2D eigenvalue weighted by molar-refractivity contribution is 7.88. The summed E-state index contributed by atoms with van der Waals surface area (Å²) in [5.41, 5.74) is 2.39. The van der Waals surface area contributed by atoms with E-state index in [0.717, 1.165) is 11.3 Å². The number of carbonyl (C=O) groups excluding carboxylic acids is 2. The molecule has 3 saturated heterocycles. The Bertz CT molecular complexity index is 3000. The summed E-state index contributed by atoms with van der Waals surface area (Å²) in [6.45, 7) is 4.10. The lowest BCUT2D eigenvalue weighted by Gasteiger charge is -2.45. The van der Waals surface area contributed by atoms with Crippen LogP contribution < -0.4 is 31.1 Å². The molecule has 360 valence electrons. The topological polar surface area (TPSA) is 255 Å². The maximum atomic E-state index is 14.0. The molecular weight excluding hydrogens is 940 g/mol. The van der Waals surface area contributed by atoms with Gasteiger partial charge in [-0.2, -0.15) is 4.31 Å². The first-order chi connectivity index (χ1) is 32.3. The number of aromatic carboxylic acids is 1. The number of hydrogen-bond acceptors (Lipinski definition) is 12. The highest BCUT2D eigenvalue weighted by Gasteiger charge is 2.42. The first-order valence-electron chi connectivity index (χ1n) is 22.0. The number of ether oxygens (including phenoxy) is 2. The van der Waals surface area contributed by atoms with Crippen molar-refractivity contribution in [2.75, 3.05) is 36.9 Å². The standard InChI is InChI=1S/C46H51ClN8O11S2/c1-46(2)23-30(49-29-9-5-7-27(21-29)40-38(47)39(65-24-37(56)57)41(67-40)43(59)60)14-19-54(46)68(63,64)25-26-6-4-8-28(20-26)50-44(61)53-17-15-31(16-18-53)66-32-10-11-33-35(22-32)52(3)45(62)55(33)34-12-13-36(48)51-42(34)58/h4-11,20-22,30-31,34,49H,12-19,23-25H2,1-3H3,(H,50,61)(H,56,57)(H,59,60)(H2,48,51,58)/t30-,34?/m0/s1. The van der Waals surface area contributed by atoms with Gasteiger partial charge in [0.2, 0.25) is 15.9 Å². The van der Waals surface area contributed by atoms with Crippen molar-refractivity contribution in [3.63, 3.8) is 0 Å². The third-order valence-corrected chi connectivity index (χ3v) is 16.2. The quantitative estimate of drug-likeness (QED) is 0.0691. The SMILES string of the molecule is Cn1c(=O)n(C2CCC(=N)NC2=O)c2ccc(OC3CCN(C(=O)Nc4cccc(CS(=O)(=O)N5CC[C@H](Nc6cccc(-c7sc(C(=O)O)c(OCC(=O)O)c7Cl)c6)CC5(C)C)c4)CC3)cc21. The van der Waals surface area contributed by atoms with E-state index in [0.29, 0.717) is 95.8 Å². The van der Waals surface area contributed by atoms with Crippen LogP contribution in [0.3, 0.4) is 0 Å². The number of nitrogens with one attached hydrogen (secondary N) is 4. The Morgan fingerprint density at radius 2 is 1.69 bits per heavy atom. The second-order valence-electron chi connectivity index (χ2n) is 17.8. The molecule has 3 amide bonds. The number of carbonyl (C=O) groups is 4.